The molecule has 3 aliphatic rings. The van der Waals surface area contributed by atoms with E-state index in [1.807, 2.05) is 11.8 Å². The van der Waals surface area contributed by atoms with Crippen LogP contribution in [0.15, 0.2) is 0 Å². The molecule has 0 bridgehead atoms. The lowest BCUT2D eigenvalue weighted by Gasteiger charge is -2.29. The fourth-order valence-electron chi connectivity index (χ4n) is 2.59. The second-order valence-electron chi connectivity index (χ2n) is 6.07. The number of hydrogen-bond acceptors (Lipinski definition) is 2. The Morgan fingerprint density at radius 1 is 1.24 bits per heavy atom. The molecule has 0 aliphatic heterocycles. The molecule has 96 valence electrons. The SMILES string of the molecule is CC(C1CC1)N(C(=O)CSCC1CC1)C1CC1. The third-order valence-corrected chi connectivity index (χ3v) is 5.41. The van der Waals surface area contributed by atoms with Gasteiger partial charge >= 0.3 is 0 Å². The Hall–Kier alpha value is -0.180. The van der Waals surface area contributed by atoms with Crippen LogP contribution in [0.1, 0.15) is 45.4 Å². The first-order valence-corrected chi connectivity index (χ1v) is 8.30. The Balaban J connectivity index is 1.48. The van der Waals surface area contributed by atoms with E-state index in [0.717, 1.165) is 17.6 Å². The normalized spacial score (nSPS) is 25.7. The fourth-order valence-corrected chi connectivity index (χ4v) is 3.70. The van der Waals surface area contributed by atoms with Crippen LogP contribution in [0.3, 0.4) is 0 Å². The maximum absolute atomic E-state index is 12.3. The second-order valence-corrected chi connectivity index (χ2v) is 7.10. The third kappa shape index (κ3) is 3.18. The summed E-state index contributed by atoms with van der Waals surface area (Å²) in [6.45, 7) is 2.26. The molecule has 0 spiro atoms. The highest BCUT2D eigenvalue weighted by Crippen LogP contribution is 2.40. The van der Waals surface area contributed by atoms with Crippen molar-refractivity contribution in [2.45, 2.75) is 57.5 Å². The minimum Gasteiger partial charge on any atom is -0.336 e. The van der Waals surface area contributed by atoms with E-state index in [1.54, 1.807) is 0 Å². The van der Waals surface area contributed by atoms with Gasteiger partial charge < -0.3 is 4.90 Å². The lowest BCUT2D eigenvalue weighted by atomic mass is 10.2. The van der Waals surface area contributed by atoms with E-state index < -0.39 is 0 Å². The van der Waals surface area contributed by atoms with E-state index in [0.29, 0.717) is 18.0 Å². The largest absolute Gasteiger partial charge is 0.336 e. The van der Waals surface area contributed by atoms with Gasteiger partial charge in [0.05, 0.1) is 5.75 Å². The van der Waals surface area contributed by atoms with Crippen LogP contribution in [0.2, 0.25) is 0 Å². The van der Waals surface area contributed by atoms with Gasteiger partial charge in [-0.05, 0) is 63.0 Å². The fraction of sp³-hybridized carbons (Fsp3) is 0.929. The van der Waals surface area contributed by atoms with Gasteiger partial charge in [0.2, 0.25) is 5.91 Å². The summed E-state index contributed by atoms with van der Waals surface area (Å²) in [5.74, 6) is 4.10. The molecule has 3 heteroatoms. The van der Waals surface area contributed by atoms with Crippen molar-refractivity contribution in [3.8, 4) is 0 Å². The molecule has 0 heterocycles. The van der Waals surface area contributed by atoms with E-state index in [4.69, 9.17) is 0 Å². The van der Waals surface area contributed by atoms with Gasteiger partial charge in [-0.2, -0.15) is 11.8 Å². The predicted molar refractivity (Wildman–Crippen MR) is 72.1 cm³/mol. The number of thioether (sulfide) groups is 1. The highest BCUT2D eigenvalue weighted by atomic mass is 32.2. The highest BCUT2D eigenvalue weighted by Gasteiger charge is 2.41. The van der Waals surface area contributed by atoms with Crippen molar-refractivity contribution in [1.82, 2.24) is 4.90 Å². The molecule has 3 aliphatic carbocycles. The molecule has 0 aromatic rings. The number of amides is 1. The standard InChI is InChI=1S/C14H23NOS/c1-10(12-4-5-12)15(13-6-7-13)14(16)9-17-8-11-2-3-11/h10-13H,2-9H2,1H3. The van der Waals surface area contributed by atoms with Gasteiger partial charge in [0.1, 0.15) is 0 Å². The van der Waals surface area contributed by atoms with Crippen LogP contribution in [0.25, 0.3) is 0 Å². The molecule has 0 radical (unpaired) electrons. The predicted octanol–water partition coefficient (Wildman–Crippen LogP) is 2.92. The first-order valence-electron chi connectivity index (χ1n) is 7.14. The second kappa shape index (κ2) is 4.83. The third-order valence-electron chi connectivity index (χ3n) is 4.25. The molecule has 0 aromatic heterocycles. The van der Waals surface area contributed by atoms with Crippen molar-refractivity contribution in [1.29, 1.82) is 0 Å². The summed E-state index contributed by atoms with van der Waals surface area (Å²) in [5, 5.41) is 0. The molecule has 3 rings (SSSR count). The quantitative estimate of drug-likeness (QED) is 0.695. The summed E-state index contributed by atoms with van der Waals surface area (Å²) in [6, 6.07) is 1.11. The summed E-state index contributed by atoms with van der Waals surface area (Å²) in [7, 11) is 0. The molecule has 1 unspecified atom stereocenters. The maximum atomic E-state index is 12.3. The number of carbonyl (C=O) groups is 1. The van der Waals surface area contributed by atoms with E-state index >= 15 is 0 Å². The molecule has 1 amide bonds. The van der Waals surface area contributed by atoms with Crippen LogP contribution >= 0.6 is 11.8 Å². The summed E-state index contributed by atoms with van der Waals surface area (Å²) >= 11 is 1.86. The molecule has 0 aromatic carbocycles. The average Bonchev–Trinajstić information content (AvgIpc) is 3.13. The van der Waals surface area contributed by atoms with Crippen LogP contribution < -0.4 is 0 Å². The van der Waals surface area contributed by atoms with Gasteiger partial charge in [-0.25, -0.2) is 0 Å². The molecule has 2 nitrogen and oxygen atoms in total. The van der Waals surface area contributed by atoms with Crippen LogP contribution in [-0.2, 0) is 4.79 Å². The van der Waals surface area contributed by atoms with Crippen molar-refractivity contribution in [3.05, 3.63) is 0 Å². The Kier molecular flexibility index (Phi) is 3.38. The van der Waals surface area contributed by atoms with E-state index in [2.05, 4.69) is 11.8 Å². The molecular formula is C14H23NOS. The molecule has 0 saturated heterocycles. The van der Waals surface area contributed by atoms with Gasteiger partial charge in [-0.3, -0.25) is 4.79 Å². The minimum atomic E-state index is 0.414. The zero-order valence-electron chi connectivity index (χ0n) is 10.7. The number of rotatable bonds is 7. The molecule has 1 atom stereocenters. The Morgan fingerprint density at radius 3 is 2.47 bits per heavy atom. The van der Waals surface area contributed by atoms with Crippen molar-refractivity contribution in [3.63, 3.8) is 0 Å². The van der Waals surface area contributed by atoms with Crippen molar-refractivity contribution < 1.29 is 4.79 Å². The molecular weight excluding hydrogens is 230 g/mol. The summed E-state index contributed by atoms with van der Waals surface area (Å²) < 4.78 is 0. The van der Waals surface area contributed by atoms with Crippen molar-refractivity contribution in [2.75, 3.05) is 11.5 Å². The van der Waals surface area contributed by atoms with Crippen molar-refractivity contribution >= 4 is 17.7 Å². The zero-order valence-corrected chi connectivity index (χ0v) is 11.5. The van der Waals surface area contributed by atoms with Gasteiger partial charge in [0.15, 0.2) is 0 Å². The number of carbonyl (C=O) groups excluding carboxylic acids is 1. The molecule has 0 N–H and O–H groups in total. The van der Waals surface area contributed by atoms with Crippen molar-refractivity contribution in [2.24, 2.45) is 11.8 Å². The first kappa shape index (κ1) is 11.9. The molecule has 3 fully saturated rings. The molecule has 3 saturated carbocycles. The topological polar surface area (TPSA) is 20.3 Å². The summed E-state index contributed by atoms with van der Waals surface area (Å²) in [5.41, 5.74) is 0. The van der Waals surface area contributed by atoms with Crippen LogP contribution in [-0.4, -0.2) is 34.4 Å². The van der Waals surface area contributed by atoms with Gasteiger partial charge in [0.25, 0.3) is 0 Å². The number of hydrogen-bond donors (Lipinski definition) is 0. The van der Waals surface area contributed by atoms with Crippen LogP contribution in [0, 0.1) is 11.8 Å². The zero-order chi connectivity index (χ0) is 11.8. The lowest BCUT2D eigenvalue weighted by molar-refractivity contribution is -0.131. The van der Waals surface area contributed by atoms with E-state index in [-0.39, 0.29) is 0 Å². The maximum Gasteiger partial charge on any atom is 0.233 e. The van der Waals surface area contributed by atoms with Gasteiger partial charge in [0, 0.05) is 12.1 Å². The Labute approximate surface area is 109 Å². The van der Waals surface area contributed by atoms with Crippen LogP contribution in [0.4, 0.5) is 0 Å². The van der Waals surface area contributed by atoms with Crippen LogP contribution in [0.5, 0.6) is 0 Å². The summed E-state index contributed by atoms with van der Waals surface area (Å²) in [6.07, 6.45) is 7.96. The number of nitrogens with zero attached hydrogens (tertiary/aromatic N) is 1. The Bertz CT molecular complexity index is 295. The lowest BCUT2D eigenvalue weighted by Crippen LogP contribution is -2.42. The van der Waals surface area contributed by atoms with E-state index in [1.165, 1.54) is 44.3 Å². The first-order chi connectivity index (χ1) is 8.25. The van der Waals surface area contributed by atoms with Gasteiger partial charge in [-0.1, -0.05) is 0 Å². The monoisotopic (exact) mass is 253 g/mol. The molecule has 17 heavy (non-hydrogen) atoms. The Morgan fingerprint density at radius 2 is 1.94 bits per heavy atom. The smallest absolute Gasteiger partial charge is 0.233 e. The highest BCUT2D eigenvalue weighted by molar-refractivity contribution is 7.99. The van der Waals surface area contributed by atoms with Gasteiger partial charge in [-0.15, -0.1) is 0 Å². The van der Waals surface area contributed by atoms with E-state index in [9.17, 15) is 4.79 Å². The minimum absolute atomic E-state index is 0.414. The summed E-state index contributed by atoms with van der Waals surface area (Å²) in [4.78, 5) is 14.5. The average molecular weight is 253 g/mol.